The highest BCUT2D eigenvalue weighted by Gasteiger charge is 2.09. The first-order chi connectivity index (χ1) is 7.02. The summed E-state index contributed by atoms with van der Waals surface area (Å²) in [5.41, 5.74) is 0. The van der Waals surface area contributed by atoms with E-state index >= 15 is 0 Å². The van der Waals surface area contributed by atoms with Crippen molar-refractivity contribution in [1.29, 1.82) is 0 Å². The van der Waals surface area contributed by atoms with Crippen LogP contribution < -0.4 is 0 Å². The molecule has 1 unspecified atom stereocenters. The topological polar surface area (TPSA) is 63.6 Å². The summed E-state index contributed by atoms with van der Waals surface area (Å²) >= 11 is 0. The maximum absolute atomic E-state index is 11.1. The standard InChI is InChI=1S/C10H22O4S/c1-3-7-14-9-10(11)6-5-8-15(12,13)4-2/h10-11H,3-9H2,1-2H3. The highest BCUT2D eigenvalue weighted by molar-refractivity contribution is 7.91. The predicted octanol–water partition coefficient (Wildman–Crippen LogP) is 0.989. The van der Waals surface area contributed by atoms with Gasteiger partial charge in [-0.25, -0.2) is 8.42 Å². The Labute approximate surface area is 92.6 Å². The maximum atomic E-state index is 11.1. The summed E-state index contributed by atoms with van der Waals surface area (Å²) in [5, 5.41) is 9.43. The third-order valence-corrected chi connectivity index (χ3v) is 3.88. The largest absolute Gasteiger partial charge is 0.391 e. The minimum atomic E-state index is -2.89. The molecule has 0 aromatic heterocycles. The van der Waals surface area contributed by atoms with Gasteiger partial charge in [0.05, 0.1) is 18.5 Å². The number of ether oxygens (including phenoxy) is 1. The van der Waals surface area contributed by atoms with E-state index < -0.39 is 15.9 Å². The van der Waals surface area contributed by atoms with Crippen LogP contribution in [0, 0.1) is 0 Å². The van der Waals surface area contributed by atoms with Crippen LogP contribution >= 0.6 is 0 Å². The lowest BCUT2D eigenvalue weighted by Crippen LogP contribution is -2.18. The second-order valence-electron chi connectivity index (χ2n) is 3.61. The Morgan fingerprint density at radius 1 is 1.33 bits per heavy atom. The number of hydrogen-bond donors (Lipinski definition) is 1. The van der Waals surface area contributed by atoms with Crippen molar-refractivity contribution in [2.75, 3.05) is 24.7 Å². The molecule has 0 aliphatic rings. The molecule has 0 heterocycles. The highest BCUT2D eigenvalue weighted by Crippen LogP contribution is 2.02. The highest BCUT2D eigenvalue weighted by atomic mass is 32.2. The molecule has 0 aromatic rings. The smallest absolute Gasteiger partial charge is 0.150 e. The van der Waals surface area contributed by atoms with Crippen molar-refractivity contribution >= 4 is 9.84 Å². The molecule has 0 aliphatic heterocycles. The fourth-order valence-electron chi connectivity index (χ4n) is 1.13. The van der Waals surface area contributed by atoms with Crippen LogP contribution in [0.4, 0.5) is 0 Å². The normalized spacial score (nSPS) is 14.1. The lowest BCUT2D eigenvalue weighted by molar-refractivity contribution is 0.0326. The molecule has 92 valence electrons. The van der Waals surface area contributed by atoms with E-state index in [9.17, 15) is 13.5 Å². The quantitative estimate of drug-likeness (QED) is 0.608. The average molecular weight is 238 g/mol. The molecule has 0 aliphatic carbocycles. The van der Waals surface area contributed by atoms with E-state index in [1.54, 1.807) is 6.92 Å². The molecule has 0 spiro atoms. The van der Waals surface area contributed by atoms with E-state index in [1.807, 2.05) is 6.92 Å². The minimum Gasteiger partial charge on any atom is -0.391 e. The molecule has 15 heavy (non-hydrogen) atoms. The van der Waals surface area contributed by atoms with Crippen molar-refractivity contribution in [1.82, 2.24) is 0 Å². The number of aliphatic hydroxyl groups excluding tert-OH is 1. The van der Waals surface area contributed by atoms with Crippen molar-refractivity contribution in [2.24, 2.45) is 0 Å². The van der Waals surface area contributed by atoms with Gasteiger partial charge in [0.2, 0.25) is 0 Å². The fourth-order valence-corrected chi connectivity index (χ4v) is 2.03. The molecular weight excluding hydrogens is 216 g/mol. The Kier molecular flexibility index (Phi) is 8.00. The summed E-state index contributed by atoms with van der Waals surface area (Å²) in [5.74, 6) is 0.337. The molecule has 0 saturated heterocycles. The lowest BCUT2D eigenvalue weighted by atomic mass is 10.2. The Balaban J connectivity index is 3.50. The van der Waals surface area contributed by atoms with Gasteiger partial charge >= 0.3 is 0 Å². The second kappa shape index (κ2) is 8.07. The van der Waals surface area contributed by atoms with E-state index in [-0.39, 0.29) is 11.5 Å². The van der Waals surface area contributed by atoms with Gasteiger partial charge in [-0.2, -0.15) is 0 Å². The Morgan fingerprint density at radius 3 is 2.53 bits per heavy atom. The lowest BCUT2D eigenvalue weighted by Gasteiger charge is -2.10. The third kappa shape index (κ3) is 8.84. The van der Waals surface area contributed by atoms with Crippen molar-refractivity contribution in [3.05, 3.63) is 0 Å². The van der Waals surface area contributed by atoms with E-state index in [2.05, 4.69) is 0 Å². The van der Waals surface area contributed by atoms with Gasteiger partial charge in [0, 0.05) is 12.4 Å². The van der Waals surface area contributed by atoms with Gasteiger partial charge in [0.25, 0.3) is 0 Å². The molecule has 5 heteroatoms. The van der Waals surface area contributed by atoms with Crippen LogP contribution in [0.15, 0.2) is 0 Å². The van der Waals surface area contributed by atoms with Crippen LogP contribution in [0.3, 0.4) is 0 Å². The zero-order valence-electron chi connectivity index (χ0n) is 9.61. The molecule has 1 atom stereocenters. The van der Waals surface area contributed by atoms with Gasteiger partial charge in [-0.05, 0) is 19.3 Å². The third-order valence-electron chi connectivity index (χ3n) is 2.09. The van der Waals surface area contributed by atoms with Crippen LogP contribution in [-0.4, -0.2) is 44.3 Å². The van der Waals surface area contributed by atoms with Crippen LogP contribution in [0.1, 0.15) is 33.1 Å². The van der Waals surface area contributed by atoms with Gasteiger partial charge in [0.1, 0.15) is 9.84 Å². The molecular formula is C10H22O4S. The zero-order valence-corrected chi connectivity index (χ0v) is 10.4. The summed E-state index contributed by atoms with van der Waals surface area (Å²) in [6, 6.07) is 0. The molecule has 0 fully saturated rings. The maximum Gasteiger partial charge on any atom is 0.150 e. The molecule has 0 radical (unpaired) electrons. The first kappa shape index (κ1) is 14.9. The van der Waals surface area contributed by atoms with Gasteiger partial charge in [-0.1, -0.05) is 13.8 Å². The fraction of sp³-hybridized carbons (Fsp3) is 1.00. The van der Waals surface area contributed by atoms with Gasteiger partial charge in [-0.3, -0.25) is 0 Å². The van der Waals surface area contributed by atoms with Crippen molar-refractivity contribution < 1.29 is 18.3 Å². The number of hydrogen-bond acceptors (Lipinski definition) is 4. The van der Waals surface area contributed by atoms with Crippen LogP contribution in [0.25, 0.3) is 0 Å². The summed E-state index contributed by atoms with van der Waals surface area (Å²) in [7, 11) is -2.89. The SMILES string of the molecule is CCCOCC(O)CCCS(=O)(=O)CC. The summed E-state index contributed by atoms with van der Waals surface area (Å²) in [6.07, 6.45) is 1.38. The van der Waals surface area contributed by atoms with Gasteiger partial charge in [0.15, 0.2) is 0 Å². The Morgan fingerprint density at radius 2 is 2.00 bits per heavy atom. The molecule has 0 rings (SSSR count). The summed E-state index contributed by atoms with van der Waals surface area (Å²) in [4.78, 5) is 0. The molecule has 1 N–H and O–H groups in total. The van der Waals surface area contributed by atoms with Crippen molar-refractivity contribution in [2.45, 2.75) is 39.2 Å². The first-order valence-corrected chi connectivity index (χ1v) is 7.30. The second-order valence-corrected chi connectivity index (χ2v) is 6.08. The molecule has 0 aromatic carbocycles. The number of aliphatic hydroxyl groups is 1. The summed E-state index contributed by atoms with van der Waals surface area (Å²) < 4.78 is 27.4. The van der Waals surface area contributed by atoms with E-state index in [4.69, 9.17) is 4.74 Å². The molecule has 0 bridgehead atoms. The van der Waals surface area contributed by atoms with Crippen molar-refractivity contribution in [3.63, 3.8) is 0 Å². The Bertz CT molecular complexity index is 236. The number of rotatable bonds is 9. The zero-order chi connectivity index (χ0) is 11.7. The average Bonchev–Trinajstić information content (AvgIpc) is 2.18. The Hall–Kier alpha value is -0.130. The van der Waals surface area contributed by atoms with Crippen LogP contribution in [0.5, 0.6) is 0 Å². The van der Waals surface area contributed by atoms with Crippen LogP contribution in [-0.2, 0) is 14.6 Å². The van der Waals surface area contributed by atoms with Gasteiger partial charge in [-0.15, -0.1) is 0 Å². The molecule has 4 nitrogen and oxygen atoms in total. The van der Waals surface area contributed by atoms with Gasteiger partial charge < -0.3 is 9.84 Å². The molecule has 0 saturated carbocycles. The predicted molar refractivity (Wildman–Crippen MR) is 60.7 cm³/mol. The number of sulfone groups is 1. The first-order valence-electron chi connectivity index (χ1n) is 5.48. The van der Waals surface area contributed by atoms with Crippen molar-refractivity contribution in [3.8, 4) is 0 Å². The van der Waals surface area contributed by atoms with Crippen LogP contribution in [0.2, 0.25) is 0 Å². The van der Waals surface area contributed by atoms with E-state index in [1.165, 1.54) is 0 Å². The minimum absolute atomic E-state index is 0.161. The molecule has 0 amide bonds. The summed E-state index contributed by atoms with van der Waals surface area (Å²) in [6.45, 7) is 4.58. The monoisotopic (exact) mass is 238 g/mol. The van der Waals surface area contributed by atoms with E-state index in [0.29, 0.717) is 26.1 Å². The van der Waals surface area contributed by atoms with E-state index in [0.717, 1.165) is 6.42 Å².